The van der Waals surface area contributed by atoms with Crippen molar-refractivity contribution in [2.75, 3.05) is 0 Å². The van der Waals surface area contributed by atoms with Gasteiger partial charge in [0, 0.05) is 12.1 Å². The van der Waals surface area contributed by atoms with E-state index in [-0.39, 0.29) is 10.6 Å². The van der Waals surface area contributed by atoms with E-state index in [1.807, 2.05) is 18.2 Å². The Morgan fingerprint density at radius 1 is 1.40 bits per heavy atom. The normalized spacial score (nSPS) is 10.7. The number of allylic oxidation sites excluding steroid dienone is 2. The first-order valence-electron chi connectivity index (χ1n) is 4.91. The van der Waals surface area contributed by atoms with E-state index in [1.165, 1.54) is 6.07 Å². The van der Waals surface area contributed by atoms with Crippen molar-refractivity contribution in [3.05, 3.63) is 59.0 Å². The lowest BCUT2D eigenvalue weighted by atomic mass is 10.1. The van der Waals surface area contributed by atoms with Crippen molar-refractivity contribution < 1.29 is 4.92 Å². The maximum absolute atomic E-state index is 10.5. The molecule has 1 radical (unpaired) electrons. The molecule has 0 unspecified atom stereocenters. The molecule has 0 atom stereocenters. The molecule has 0 saturated heterocycles. The Balaban J connectivity index is 2.58. The number of benzene rings is 1. The van der Waals surface area contributed by atoms with Gasteiger partial charge in [-0.3, -0.25) is 10.1 Å². The third-order valence-corrected chi connectivity index (χ3v) is 2.05. The Morgan fingerprint density at radius 3 is 2.87 bits per heavy atom. The summed E-state index contributed by atoms with van der Waals surface area (Å²) in [4.78, 5) is 10.1. The van der Waals surface area contributed by atoms with E-state index in [0.29, 0.717) is 0 Å². The molecule has 0 N–H and O–H groups in total. The predicted octanol–water partition coefficient (Wildman–Crippen LogP) is 3.31. The van der Waals surface area contributed by atoms with E-state index in [2.05, 4.69) is 6.92 Å². The molecule has 15 heavy (non-hydrogen) atoms. The molecule has 0 aromatic heterocycles. The molecule has 0 fully saturated rings. The number of hydrogen-bond donors (Lipinski definition) is 0. The quantitative estimate of drug-likeness (QED) is 0.419. The van der Waals surface area contributed by atoms with Crippen LogP contribution >= 0.6 is 0 Å². The largest absolute Gasteiger partial charge is 0.269 e. The molecule has 1 rings (SSSR count). The number of nitro benzene ring substituents is 1. The molecule has 0 spiro atoms. The van der Waals surface area contributed by atoms with Crippen molar-refractivity contribution in [1.29, 1.82) is 0 Å². The first-order chi connectivity index (χ1) is 7.24. The van der Waals surface area contributed by atoms with E-state index in [0.717, 1.165) is 24.8 Å². The average Bonchev–Trinajstić information content (AvgIpc) is 2.25. The first kappa shape index (κ1) is 11.4. The Labute approximate surface area is 89.6 Å². The van der Waals surface area contributed by atoms with Crippen LogP contribution < -0.4 is 0 Å². The SMILES string of the molecule is [CH2]CC=CCCc1cccc([N+](=O)[O-])c1. The second-order valence-corrected chi connectivity index (χ2v) is 3.23. The molecular formula is C12H14NO2. The van der Waals surface area contributed by atoms with Crippen molar-refractivity contribution in [2.24, 2.45) is 0 Å². The van der Waals surface area contributed by atoms with Gasteiger partial charge in [-0.15, -0.1) is 0 Å². The van der Waals surface area contributed by atoms with Gasteiger partial charge in [0.15, 0.2) is 0 Å². The van der Waals surface area contributed by atoms with Gasteiger partial charge in [0.1, 0.15) is 0 Å². The van der Waals surface area contributed by atoms with Crippen LogP contribution in [0.15, 0.2) is 36.4 Å². The lowest BCUT2D eigenvalue weighted by Crippen LogP contribution is -1.90. The molecule has 1 aromatic rings. The molecule has 3 heteroatoms. The zero-order valence-electron chi connectivity index (χ0n) is 8.56. The van der Waals surface area contributed by atoms with Crippen molar-refractivity contribution in [1.82, 2.24) is 0 Å². The standard InChI is InChI=1S/C12H14NO2/c1-2-3-4-5-7-11-8-6-9-12(10-11)13(14)15/h3-4,6,8-10H,1-2,5,7H2. The fraction of sp³-hybridized carbons (Fsp3) is 0.250. The molecule has 0 saturated carbocycles. The first-order valence-corrected chi connectivity index (χ1v) is 4.91. The summed E-state index contributed by atoms with van der Waals surface area (Å²) in [7, 11) is 0. The predicted molar refractivity (Wildman–Crippen MR) is 60.5 cm³/mol. The van der Waals surface area contributed by atoms with Crippen LogP contribution in [0.5, 0.6) is 0 Å². The van der Waals surface area contributed by atoms with E-state index >= 15 is 0 Å². The van der Waals surface area contributed by atoms with Crippen LogP contribution in [-0.4, -0.2) is 4.92 Å². The minimum atomic E-state index is -0.366. The van der Waals surface area contributed by atoms with Crippen LogP contribution in [0.2, 0.25) is 0 Å². The molecule has 0 aliphatic heterocycles. The molecule has 1 aromatic carbocycles. The number of hydrogen-bond acceptors (Lipinski definition) is 2. The van der Waals surface area contributed by atoms with Gasteiger partial charge < -0.3 is 0 Å². The number of rotatable bonds is 5. The Kier molecular flexibility index (Phi) is 4.54. The van der Waals surface area contributed by atoms with Gasteiger partial charge in [0.2, 0.25) is 0 Å². The third-order valence-electron chi connectivity index (χ3n) is 2.05. The zero-order valence-corrected chi connectivity index (χ0v) is 8.56. The number of nitrogens with zero attached hydrogens (tertiary/aromatic N) is 1. The summed E-state index contributed by atoms with van der Waals surface area (Å²) in [5.41, 5.74) is 1.16. The van der Waals surface area contributed by atoms with E-state index in [4.69, 9.17) is 0 Å². The van der Waals surface area contributed by atoms with Crippen LogP contribution in [0.1, 0.15) is 18.4 Å². The Bertz CT molecular complexity index is 358. The van der Waals surface area contributed by atoms with Crippen LogP contribution in [0.3, 0.4) is 0 Å². The molecular weight excluding hydrogens is 190 g/mol. The highest BCUT2D eigenvalue weighted by Gasteiger charge is 2.04. The fourth-order valence-electron chi connectivity index (χ4n) is 1.31. The molecule has 0 aliphatic rings. The number of non-ortho nitro benzene ring substituents is 1. The molecule has 0 amide bonds. The monoisotopic (exact) mass is 204 g/mol. The average molecular weight is 204 g/mol. The molecule has 79 valence electrons. The zero-order chi connectivity index (χ0) is 11.1. The van der Waals surface area contributed by atoms with Gasteiger partial charge >= 0.3 is 0 Å². The fourth-order valence-corrected chi connectivity index (χ4v) is 1.31. The third kappa shape index (κ3) is 3.94. The van der Waals surface area contributed by atoms with Gasteiger partial charge in [0.05, 0.1) is 4.92 Å². The summed E-state index contributed by atoms with van der Waals surface area (Å²) in [6.07, 6.45) is 6.56. The topological polar surface area (TPSA) is 43.1 Å². The molecule has 0 heterocycles. The van der Waals surface area contributed by atoms with Crippen molar-refractivity contribution in [2.45, 2.75) is 19.3 Å². The van der Waals surface area contributed by atoms with E-state index in [9.17, 15) is 10.1 Å². The van der Waals surface area contributed by atoms with Crippen LogP contribution in [0, 0.1) is 17.0 Å². The smallest absolute Gasteiger partial charge is 0.258 e. The van der Waals surface area contributed by atoms with Crippen LogP contribution in [0.25, 0.3) is 0 Å². The van der Waals surface area contributed by atoms with Gasteiger partial charge in [-0.05, 0) is 31.7 Å². The second-order valence-electron chi connectivity index (χ2n) is 3.23. The highest BCUT2D eigenvalue weighted by molar-refractivity contribution is 5.34. The van der Waals surface area contributed by atoms with Crippen LogP contribution in [0.4, 0.5) is 5.69 Å². The Morgan fingerprint density at radius 2 is 2.20 bits per heavy atom. The summed E-state index contributed by atoms with van der Waals surface area (Å²) < 4.78 is 0. The number of aryl methyl sites for hydroxylation is 1. The molecule has 3 nitrogen and oxygen atoms in total. The van der Waals surface area contributed by atoms with Gasteiger partial charge in [0.25, 0.3) is 5.69 Å². The van der Waals surface area contributed by atoms with Gasteiger partial charge in [-0.25, -0.2) is 0 Å². The highest BCUT2D eigenvalue weighted by atomic mass is 16.6. The summed E-state index contributed by atoms with van der Waals surface area (Å²) >= 11 is 0. The van der Waals surface area contributed by atoms with E-state index in [1.54, 1.807) is 12.1 Å². The second kappa shape index (κ2) is 5.96. The highest BCUT2D eigenvalue weighted by Crippen LogP contribution is 2.14. The summed E-state index contributed by atoms with van der Waals surface area (Å²) in [5.74, 6) is 0. The van der Waals surface area contributed by atoms with Crippen molar-refractivity contribution >= 4 is 5.69 Å². The molecule has 0 bridgehead atoms. The van der Waals surface area contributed by atoms with Crippen molar-refractivity contribution in [3.63, 3.8) is 0 Å². The molecule has 0 aliphatic carbocycles. The van der Waals surface area contributed by atoms with Crippen molar-refractivity contribution in [3.8, 4) is 0 Å². The lowest BCUT2D eigenvalue weighted by Gasteiger charge is -1.97. The maximum Gasteiger partial charge on any atom is 0.269 e. The number of nitro groups is 1. The summed E-state index contributed by atoms with van der Waals surface area (Å²) in [6.45, 7) is 3.69. The Hall–Kier alpha value is -1.64. The van der Waals surface area contributed by atoms with Gasteiger partial charge in [-0.2, -0.15) is 0 Å². The van der Waals surface area contributed by atoms with Gasteiger partial charge in [-0.1, -0.05) is 24.3 Å². The van der Waals surface area contributed by atoms with E-state index < -0.39 is 0 Å². The minimum Gasteiger partial charge on any atom is -0.258 e. The van der Waals surface area contributed by atoms with Crippen LogP contribution in [-0.2, 0) is 6.42 Å². The summed E-state index contributed by atoms with van der Waals surface area (Å²) in [6, 6.07) is 6.76. The minimum absolute atomic E-state index is 0.161. The summed E-state index contributed by atoms with van der Waals surface area (Å²) in [5, 5.41) is 10.5. The maximum atomic E-state index is 10.5. The lowest BCUT2D eigenvalue weighted by molar-refractivity contribution is -0.384.